The minimum atomic E-state index is -0.957. The summed E-state index contributed by atoms with van der Waals surface area (Å²) in [6, 6.07) is 13.6. The van der Waals surface area contributed by atoms with Gasteiger partial charge in [-0.3, -0.25) is 9.59 Å². The predicted octanol–water partition coefficient (Wildman–Crippen LogP) is 1.99. The standard InChI is InChI=1S/C19H20N2O4/c1-13(22)21-12-15-4-6-16(7-5-15)18(23)20-11-10-14-2-8-17(9-3-14)19(24)25/h2-9H,10-12H2,1H3,(H,20,23)(H,21,22)(H,24,25). The van der Waals surface area contributed by atoms with Crippen LogP contribution < -0.4 is 10.6 Å². The Labute approximate surface area is 145 Å². The summed E-state index contributed by atoms with van der Waals surface area (Å²) in [4.78, 5) is 33.8. The fourth-order valence-corrected chi connectivity index (χ4v) is 2.24. The van der Waals surface area contributed by atoms with Gasteiger partial charge in [0.15, 0.2) is 0 Å². The average Bonchev–Trinajstić information content (AvgIpc) is 2.60. The van der Waals surface area contributed by atoms with Crippen LogP contribution in [0.1, 0.15) is 38.8 Å². The van der Waals surface area contributed by atoms with Crippen LogP contribution >= 0.6 is 0 Å². The molecule has 0 saturated heterocycles. The molecule has 0 spiro atoms. The third-order valence-corrected chi connectivity index (χ3v) is 3.66. The fourth-order valence-electron chi connectivity index (χ4n) is 2.24. The first-order chi connectivity index (χ1) is 12.0. The van der Waals surface area contributed by atoms with Crippen LogP contribution in [0.4, 0.5) is 0 Å². The van der Waals surface area contributed by atoms with E-state index in [9.17, 15) is 14.4 Å². The molecule has 6 nitrogen and oxygen atoms in total. The molecule has 2 amide bonds. The summed E-state index contributed by atoms with van der Waals surface area (Å²) in [5.74, 6) is -1.23. The molecule has 0 aliphatic carbocycles. The number of nitrogens with one attached hydrogen (secondary N) is 2. The Kier molecular flexibility index (Phi) is 6.28. The number of amides is 2. The van der Waals surface area contributed by atoms with Gasteiger partial charge in [0.05, 0.1) is 5.56 Å². The van der Waals surface area contributed by atoms with Crippen LogP contribution in [-0.2, 0) is 17.8 Å². The minimum absolute atomic E-state index is 0.0989. The normalized spacial score (nSPS) is 10.1. The largest absolute Gasteiger partial charge is 0.478 e. The zero-order valence-electron chi connectivity index (χ0n) is 13.9. The first-order valence-electron chi connectivity index (χ1n) is 7.89. The molecule has 0 aliphatic rings. The number of carbonyl (C=O) groups excluding carboxylic acids is 2. The van der Waals surface area contributed by atoms with E-state index in [-0.39, 0.29) is 17.4 Å². The second kappa shape index (κ2) is 8.63. The van der Waals surface area contributed by atoms with Crippen LogP contribution in [0.3, 0.4) is 0 Å². The Hall–Kier alpha value is -3.15. The van der Waals surface area contributed by atoms with Crippen molar-refractivity contribution >= 4 is 17.8 Å². The highest BCUT2D eigenvalue weighted by Crippen LogP contribution is 2.06. The van der Waals surface area contributed by atoms with Crippen LogP contribution in [0.2, 0.25) is 0 Å². The highest BCUT2D eigenvalue weighted by molar-refractivity contribution is 5.94. The summed E-state index contributed by atoms with van der Waals surface area (Å²) in [6.07, 6.45) is 0.617. The lowest BCUT2D eigenvalue weighted by Gasteiger charge is -2.07. The van der Waals surface area contributed by atoms with Gasteiger partial charge in [0, 0.05) is 25.6 Å². The first kappa shape index (κ1) is 18.2. The number of carboxylic acids is 1. The fraction of sp³-hybridized carbons (Fsp3) is 0.211. The number of hydrogen-bond acceptors (Lipinski definition) is 3. The number of carbonyl (C=O) groups is 3. The van der Waals surface area contributed by atoms with Crippen molar-refractivity contribution in [2.75, 3.05) is 6.54 Å². The van der Waals surface area contributed by atoms with Crippen molar-refractivity contribution in [2.24, 2.45) is 0 Å². The van der Waals surface area contributed by atoms with Gasteiger partial charge in [-0.25, -0.2) is 4.79 Å². The lowest BCUT2D eigenvalue weighted by Crippen LogP contribution is -2.25. The van der Waals surface area contributed by atoms with Gasteiger partial charge in [0.2, 0.25) is 5.91 Å². The van der Waals surface area contributed by atoms with Crippen LogP contribution in [0.15, 0.2) is 48.5 Å². The highest BCUT2D eigenvalue weighted by Gasteiger charge is 2.06. The van der Waals surface area contributed by atoms with Crippen LogP contribution in [0.5, 0.6) is 0 Å². The number of benzene rings is 2. The van der Waals surface area contributed by atoms with E-state index in [0.717, 1.165) is 11.1 Å². The SMILES string of the molecule is CC(=O)NCc1ccc(C(=O)NCCc2ccc(C(=O)O)cc2)cc1. The molecule has 3 N–H and O–H groups in total. The van der Waals surface area contributed by atoms with E-state index in [0.29, 0.717) is 25.1 Å². The Morgan fingerprint density at radius 2 is 1.40 bits per heavy atom. The van der Waals surface area contributed by atoms with Gasteiger partial charge in [-0.2, -0.15) is 0 Å². The molecule has 0 radical (unpaired) electrons. The quantitative estimate of drug-likeness (QED) is 0.718. The Morgan fingerprint density at radius 3 is 1.96 bits per heavy atom. The molecule has 0 aliphatic heterocycles. The zero-order chi connectivity index (χ0) is 18.2. The van der Waals surface area contributed by atoms with Gasteiger partial charge in [0.25, 0.3) is 5.91 Å². The molecule has 0 bridgehead atoms. The van der Waals surface area contributed by atoms with Crippen LogP contribution in [-0.4, -0.2) is 29.4 Å². The lowest BCUT2D eigenvalue weighted by molar-refractivity contribution is -0.119. The van der Waals surface area contributed by atoms with Crippen molar-refractivity contribution in [1.82, 2.24) is 10.6 Å². The summed E-state index contributed by atoms with van der Waals surface area (Å²) in [7, 11) is 0. The molecule has 0 aromatic heterocycles. The van der Waals surface area contributed by atoms with Crippen molar-refractivity contribution in [2.45, 2.75) is 19.9 Å². The monoisotopic (exact) mass is 340 g/mol. The minimum Gasteiger partial charge on any atom is -0.478 e. The van der Waals surface area contributed by atoms with Gasteiger partial charge in [-0.1, -0.05) is 24.3 Å². The van der Waals surface area contributed by atoms with Crippen molar-refractivity contribution in [3.8, 4) is 0 Å². The summed E-state index contributed by atoms with van der Waals surface area (Å²) in [5, 5.41) is 14.4. The van der Waals surface area contributed by atoms with E-state index in [1.807, 2.05) is 0 Å². The second-order valence-electron chi connectivity index (χ2n) is 5.61. The number of carboxylic acid groups (broad SMARTS) is 1. The van der Waals surface area contributed by atoms with E-state index in [1.54, 1.807) is 48.5 Å². The third kappa shape index (κ3) is 5.76. The summed E-state index contributed by atoms with van der Waals surface area (Å²) < 4.78 is 0. The summed E-state index contributed by atoms with van der Waals surface area (Å²) >= 11 is 0. The van der Waals surface area contributed by atoms with Gasteiger partial charge in [0.1, 0.15) is 0 Å². The highest BCUT2D eigenvalue weighted by atomic mass is 16.4. The molecule has 0 heterocycles. The molecule has 25 heavy (non-hydrogen) atoms. The smallest absolute Gasteiger partial charge is 0.335 e. The Bertz CT molecular complexity index is 752. The first-order valence-corrected chi connectivity index (χ1v) is 7.89. The van der Waals surface area contributed by atoms with E-state index in [2.05, 4.69) is 10.6 Å². The van der Waals surface area contributed by atoms with Crippen LogP contribution in [0.25, 0.3) is 0 Å². The van der Waals surface area contributed by atoms with Gasteiger partial charge < -0.3 is 15.7 Å². The number of rotatable bonds is 7. The van der Waals surface area contributed by atoms with Crippen molar-refractivity contribution in [3.63, 3.8) is 0 Å². The Balaban J connectivity index is 1.81. The molecule has 0 unspecified atom stereocenters. The average molecular weight is 340 g/mol. The van der Waals surface area contributed by atoms with Crippen molar-refractivity contribution in [3.05, 3.63) is 70.8 Å². The third-order valence-electron chi connectivity index (χ3n) is 3.66. The molecule has 2 rings (SSSR count). The van der Waals surface area contributed by atoms with E-state index >= 15 is 0 Å². The van der Waals surface area contributed by atoms with Crippen molar-refractivity contribution < 1.29 is 19.5 Å². The maximum atomic E-state index is 12.1. The second-order valence-corrected chi connectivity index (χ2v) is 5.61. The number of hydrogen-bond donors (Lipinski definition) is 3. The maximum absolute atomic E-state index is 12.1. The molecule has 130 valence electrons. The lowest BCUT2D eigenvalue weighted by atomic mass is 10.1. The molecular weight excluding hydrogens is 320 g/mol. The zero-order valence-corrected chi connectivity index (χ0v) is 13.9. The summed E-state index contributed by atoms with van der Waals surface area (Å²) in [6.45, 7) is 2.35. The predicted molar refractivity (Wildman–Crippen MR) is 93.4 cm³/mol. The van der Waals surface area contributed by atoms with Gasteiger partial charge in [-0.05, 0) is 41.8 Å². The molecular formula is C19H20N2O4. The molecule has 2 aromatic carbocycles. The summed E-state index contributed by atoms with van der Waals surface area (Å²) in [5.41, 5.74) is 2.67. The molecule has 0 atom stereocenters. The van der Waals surface area contributed by atoms with E-state index in [4.69, 9.17) is 5.11 Å². The molecule has 6 heteroatoms. The molecule has 0 fully saturated rings. The topological polar surface area (TPSA) is 95.5 Å². The molecule has 0 saturated carbocycles. The van der Waals surface area contributed by atoms with E-state index < -0.39 is 5.97 Å². The maximum Gasteiger partial charge on any atom is 0.335 e. The number of aromatic carboxylic acids is 1. The van der Waals surface area contributed by atoms with Crippen LogP contribution in [0, 0.1) is 0 Å². The van der Waals surface area contributed by atoms with Crippen molar-refractivity contribution in [1.29, 1.82) is 0 Å². The molecule has 2 aromatic rings. The van der Waals surface area contributed by atoms with Gasteiger partial charge in [-0.15, -0.1) is 0 Å². The van der Waals surface area contributed by atoms with Gasteiger partial charge >= 0.3 is 5.97 Å². The Morgan fingerprint density at radius 1 is 0.840 bits per heavy atom. The van der Waals surface area contributed by atoms with E-state index in [1.165, 1.54) is 6.92 Å².